The van der Waals surface area contributed by atoms with Crippen LogP contribution in [0, 0.1) is 6.92 Å². The van der Waals surface area contributed by atoms with Gasteiger partial charge < -0.3 is 23.7 Å². The lowest BCUT2D eigenvalue weighted by Gasteiger charge is -2.31. The zero-order valence-corrected chi connectivity index (χ0v) is 43.5. The molecule has 71 heavy (non-hydrogen) atoms. The van der Waals surface area contributed by atoms with Gasteiger partial charge in [-0.15, -0.1) is 0 Å². The van der Waals surface area contributed by atoms with Gasteiger partial charge in [-0.2, -0.15) is 33.1 Å². The molecule has 0 amide bonds. The number of benzene rings is 4. The molecule has 0 bridgehead atoms. The minimum atomic E-state index is 0.250. The van der Waals surface area contributed by atoms with Crippen LogP contribution in [0.4, 0.5) is 11.4 Å². The van der Waals surface area contributed by atoms with Crippen molar-refractivity contribution >= 4 is 69.3 Å². The molecule has 374 valence electrons. The molecule has 12 heteroatoms. The molecule has 10 nitrogen and oxygen atoms in total. The first kappa shape index (κ1) is 49.6. The second-order valence-corrected chi connectivity index (χ2v) is 22.9. The number of carbonyl (C=O) groups is 1. The Morgan fingerprint density at radius 2 is 1.00 bits per heavy atom. The quantitative estimate of drug-likeness (QED) is 0.124. The van der Waals surface area contributed by atoms with Crippen molar-refractivity contribution in [2.45, 2.75) is 96.1 Å². The number of aryl methyl sites for hydroxylation is 1. The lowest BCUT2D eigenvalue weighted by molar-refractivity contribution is -0.191. The maximum atomic E-state index is 11.1. The highest BCUT2D eigenvalue weighted by Gasteiger charge is 2.32. The number of carbonyl (C=O) groups excluding carboxylic acids is 3. The van der Waals surface area contributed by atoms with Gasteiger partial charge in [-0.05, 0) is 91.5 Å². The van der Waals surface area contributed by atoms with Crippen molar-refractivity contribution in [1.29, 1.82) is 0 Å². The Morgan fingerprint density at radius 1 is 0.549 bits per heavy atom. The average Bonchev–Trinajstić information content (AvgIpc) is 3.78. The van der Waals surface area contributed by atoms with Crippen LogP contribution in [0.5, 0.6) is 5.75 Å². The van der Waals surface area contributed by atoms with E-state index in [2.05, 4.69) is 138 Å². The van der Waals surface area contributed by atoms with E-state index < -0.39 is 0 Å². The summed E-state index contributed by atoms with van der Waals surface area (Å²) in [5, 5.41) is 2.84. The first-order chi connectivity index (χ1) is 35.0. The number of para-hydroxylation sites is 2. The fraction of sp³-hybridized carbons (Fsp3) is 0.492. The fourth-order valence-electron chi connectivity index (χ4n) is 12.8. The molecular formula is C59H72N6O4S2. The van der Waals surface area contributed by atoms with Gasteiger partial charge >= 0.3 is 6.15 Å². The summed E-state index contributed by atoms with van der Waals surface area (Å²) in [5.74, 6) is 7.00. The molecule has 2 saturated carbocycles. The number of nitrogens with zero attached hydrogens (tertiary/aromatic N) is 6. The number of aromatic nitrogens is 2. The number of rotatable bonds is 10. The largest absolute Gasteiger partial charge is 0.429 e. The van der Waals surface area contributed by atoms with E-state index in [4.69, 9.17) is 14.3 Å². The zero-order chi connectivity index (χ0) is 48.5. The molecule has 4 fully saturated rings. The third-order valence-electron chi connectivity index (χ3n) is 16.3. The van der Waals surface area contributed by atoms with Crippen LogP contribution in [-0.4, -0.2) is 120 Å². The lowest BCUT2D eigenvalue weighted by atomic mass is 9.81. The van der Waals surface area contributed by atoms with Gasteiger partial charge in [-0.25, -0.2) is 0 Å². The molecule has 0 radical (unpaired) electrons. The third kappa shape index (κ3) is 10.9. The molecule has 2 saturated heterocycles. The summed E-state index contributed by atoms with van der Waals surface area (Å²) in [4.78, 5) is 37.9. The Balaban J connectivity index is 0.000000156. The smallest absolute Gasteiger partial charge is 0.373 e. The summed E-state index contributed by atoms with van der Waals surface area (Å²) in [5.41, 5.74) is 15.7. The second kappa shape index (κ2) is 23.7. The van der Waals surface area contributed by atoms with Crippen LogP contribution in [0.15, 0.2) is 84.9 Å². The minimum Gasteiger partial charge on any atom is -0.429 e. The van der Waals surface area contributed by atoms with Crippen LogP contribution in [0.1, 0.15) is 92.7 Å². The van der Waals surface area contributed by atoms with Gasteiger partial charge in [0, 0.05) is 146 Å². The minimum absolute atomic E-state index is 0.250. The SMILES string of the molecule is Cc1ccc2c(C3CCCCC3)c3n(c2c1)CCN(CCN1CCSCC1)c1ccccc1-3.O=C=O.O=COc1ccc2c(C3CCCCC3)c3n(c2c1)CCN(CCN1CCSCC1)c1ccccc1-3. The second-order valence-electron chi connectivity index (χ2n) is 20.4. The first-order valence-corrected chi connectivity index (χ1v) is 29.0. The third-order valence-corrected chi connectivity index (χ3v) is 18.2. The molecule has 0 unspecified atom stereocenters. The molecule has 0 N–H and O–H groups in total. The molecular weight excluding hydrogens is 921 g/mol. The van der Waals surface area contributed by atoms with Crippen LogP contribution in [0.3, 0.4) is 0 Å². The van der Waals surface area contributed by atoms with Gasteiger partial charge in [-0.3, -0.25) is 14.6 Å². The monoisotopic (exact) mass is 993 g/mol. The molecule has 2 aromatic heterocycles. The molecule has 4 aliphatic heterocycles. The highest BCUT2D eigenvalue weighted by molar-refractivity contribution is 7.99. The number of anilines is 2. The van der Waals surface area contributed by atoms with E-state index >= 15 is 0 Å². The van der Waals surface area contributed by atoms with Gasteiger partial charge in [0.2, 0.25) is 0 Å². The van der Waals surface area contributed by atoms with E-state index in [9.17, 15) is 4.79 Å². The molecule has 6 heterocycles. The summed E-state index contributed by atoms with van der Waals surface area (Å²) in [6.45, 7) is 16.3. The Kier molecular flexibility index (Phi) is 16.6. The normalized spacial score (nSPS) is 18.9. The van der Waals surface area contributed by atoms with Crippen LogP contribution >= 0.6 is 23.5 Å². The van der Waals surface area contributed by atoms with Crippen molar-refractivity contribution in [3.8, 4) is 28.3 Å². The van der Waals surface area contributed by atoms with Gasteiger partial charge in [-0.1, -0.05) is 87.1 Å². The lowest BCUT2D eigenvalue weighted by Crippen LogP contribution is -2.40. The Hall–Kier alpha value is -4.97. The van der Waals surface area contributed by atoms with Crippen molar-refractivity contribution in [2.75, 3.05) is 98.3 Å². The Labute approximate surface area is 429 Å². The number of hydrogen-bond acceptors (Lipinski definition) is 10. The van der Waals surface area contributed by atoms with Crippen molar-refractivity contribution in [3.05, 3.63) is 102 Å². The summed E-state index contributed by atoms with van der Waals surface area (Å²) in [7, 11) is 0. The van der Waals surface area contributed by atoms with Crippen LogP contribution in [0.2, 0.25) is 0 Å². The molecule has 6 aromatic rings. The average molecular weight is 993 g/mol. The standard InChI is InChI=1S/C29H35N3O2S.C29H37N3S.CO2/c33-21-34-23-10-11-24-27(20-23)32-15-14-31(13-12-30-16-18-35-19-17-30)26-9-5-4-8-25(26)29(32)28(24)22-6-2-1-3-7-22;1-22-11-12-24-27(21-22)32-16-15-31(14-13-30-17-19-33-20-18-30)26-10-6-5-9-25(26)29(32)28(24)23-7-3-2-4-8-23;2-1-3/h4-5,8-11,20-22H,1-3,6-7,12-19H2;5-6,9-12,21,23H,2-4,7-8,13-20H2,1H3;. The zero-order valence-electron chi connectivity index (χ0n) is 41.8. The molecule has 0 spiro atoms. The first-order valence-electron chi connectivity index (χ1n) is 26.7. The number of fused-ring (bicyclic) bond motifs is 10. The summed E-state index contributed by atoms with van der Waals surface area (Å²) in [6, 6.07) is 31.7. The van der Waals surface area contributed by atoms with E-state index in [-0.39, 0.29) is 6.15 Å². The summed E-state index contributed by atoms with van der Waals surface area (Å²) >= 11 is 4.18. The van der Waals surface area contributed by atoms with E-state index in [1.807, 2.05) is 6.07 Å². The van der Waals surface area contributed by atoms with E-state index in [1.165, 1.54) is 187 Å². The predicted molar refractivity (Wildman–Crippen MR) is 295 cm³/mol. The Morgan fingerprint density at radius 3 is 1.48 bits per heavy atom. The van der Waals surface area contributed by atoms with Crippen molar-refractivity contribution < 1.29 is 19.1 Å². The maximum absolute atomic E-state index is 11.1. The topological polar surface area (TPSA) is 83.3 Å². The highest BCUT2D eigenvalue weighted by Crippen LogP contribution is 2.49. The summed E-state index contributed by atoms with van der Waals surface area (Å²) < 4.78 is 10.5. The van der Waals surface area contributed by atoms with Crippen molar-refractivity contribution in [3.63, 3.8) is 0 Å². The predicted octanol–water partition coefficient (Wildman–Crippen LogP) is 11.7. The number of hydrogen-bond donors (Lipinski definition) is 0. The molecule has 0 atom stereocenters. The van der Waals surface area contributed by atoms with Crippen LogP contribution in [-0.2, 0) is 27.5 Å². The maximum Gasteiger partial charge on any atom is 0.373 e. The van der Waals surface area contributed by atoms with Crippen molar-refractivity contribution in [2.24, 2.45) is 0 Å². The number of ether oxygens (including phenoxy) is 1. The highest BCUT2D eigenvalue weighted by atomic mass is 32.2. The van der Waals surface area contributed by atoms with Gasteiger partial charge in [0.15, 0.2) is 0 Å². The van der Waals surface area contributed by atoms with Gasteiger partial charge in [0.05, 0.1) is 16.9 Å². The molecule has 6 aliphatic rings. The molecule has 12 rings (SSSR count). The van der Waals surface area contributed by atoms with Crippen LogP contribution < -0.4 is 14.5 Å². The van der Waals surface area contributed by atoms with Gasteiger partial charge in [0.1, 0.15) is 5.75 Å². The number of thioether (sulfide) groups is 2. The van der Waals surface area contributed by atoms with Crippen molar-refractivity contribution in [1.82, 2.24) is 18.9 Å². The summed E-state index contributed by atoms with van der Waals surface area (Å²) in [6.07, 6.45) is 13.6. The molecule has 4 aromatic carbocycles. The van der Waals surface area contributed by atoms with Crippen LogP contribution in [0.25, 0.3) is 44.3 Å². The van der Waals surface area contributed by atoms with E-state index in [1.54, 1.807) is 5.56 Å². The van der Waals surface area contributed by atoms with E-state index in [0.717, 1.165) is 45.8 Å². The van der Waals surface area contributed by atoms with E-state index in [0.29, 0.717) is 24.1 Å². The molecule has 2 aliphatic carbocycles. The van der Waals surface area contributed by atoms with Gasteiger partial charge in [0.25, 0.3) is 6.47 Å². The fourth-order valence-corrected chi connectivity index (χ4v) is 14.8. The Bertz CT molecular complexity index is 2790.